The number of likely N-dealkylation sites (N-methyl/N-ethyl adjacent to an activating group) is 1. The van der Waals surface area contributed by atoms with Crippen LogP contribution in [0.2, 0.25) is 0 Å². The lowest BCUT2D eigenvalue weighted by atomic mass is 10.1. The lowest BCUT2D eigenvalue weighted by Crippen LogP contribution is -2.48. The molecule has 9 heteroatoms. The number of sulfone groups is 1. The largest absolute Gasteiger partial charge is 0.335 e. The van der Waals surface area contributed by atoms with Crippen LogP contribution < -0.4 is 0 Å². The van der Waals surface area contributed by atoms with Crippen molar-refractivity contribution in [1.82, 2.24) is 24.3 Å². The third-order valence-electron chi connectivity index (χ3n) is 7.08. The van der Waals surface area contributed by atoms with Crippen LogP contribution in [0.5, 0.6) is 0 Å². The highest BCUT2D eigenvalue weighted by Gasteiger charge is 2.33. The van der Waals surface area contributed by atoms with Gasteiger partial charge in [0.2, 0.25) is 0 Å². The molecule has 0 aliphatic carbocycles. The average Bonchev–Trinajstić information content (AvgIpc) is 3.35. The Labute approximate surface area is 200 Å². The summed E-state index contributed by atoms with van der Waals surface area (Å²) in [4.78, 5) is 27.5. The number of carbonyl (C=O) groups is 1. The van der Waals surface area contributed by atoms with E-state index in [0.29, 0.717) is 42.2 Å². The summed E-state index contributed by atoms with van der Waals surface area (Å²) in [6.45, 7) is 10.0. The zero-order valence-corrected chi connectivity index (χ0v) is 20.8. The lowest BCUT2D eigenvalue weighted by molar-refractivity contribution is 0.0639. The summed E-state index contributed by atoms with van der Waals surface area (Å²) in [6.07, 6.45) is 0.555. The van der Waals surface area contributed by atoms with Crippen LogP contribution in [0, 0.1) is 13.8 Å². The molecule has 34 heavy (non-hydrogen) atoms. The molecular formula is C25H31N5O3S. The maximum atomic E-state index is 13.7. The molecule has 4 heterocycles. The average molecular weight is 482 g/mol. The van der Waals surface area contributed by atoms with Crippen molar-refractivity contribution in [3.63, 3.8) is 0 Å². The van der Waals surface area contributed by atoms with Crippen LogP contribution in [0.3, 0.4) is 0 Å². The van der Waals surface area contributed by atoms with E-state index in [0.717, 1.165) is 36.3 Å². The van der Waals surface area contributed by atoms with Crippen molar-refractivity contribution < 1.29 is 13.2 Å². The van der Waals surface area contributed by atoms with Crippen molar-refractivity contribution in [3.8, 4) is 11.3 Å². The smallest absolute Gasteiger partial charge is 0.274 e. The number of piperazine rings is 1. The Morgan fingerprint density at radius 2 is 1.76 bits per heavy atom. The van der Waals surface area contributed by atoms with Crippen LogP contribution >= 0.6 is 0 Å². The molecule has 5 rings (SSSR count). The fourth-order valence-corrected chi connectivity index (χ4v) is 6.79. The van der Waals surface area contributed by atoms with E-state index in [9.17, 15) is 13.2 Å². The number of fused-ring (bicyclic) bond motifs is 1. The lowest BCUT2D eigenvalue weighted by Gasteiger charge is -2.33. The predicted octanol–water partition coefficient (Wildman–Crippen LogP) is 2.85. The fraction of sp³-hybridized carbons (Fsp3) is 0.480. The van der Waals surface area contributed by atoms with Crippen LogP contribution in [0.25, 0.3) is 22.3 Å². The maximum Gasteiger partial charge on any atom is 0.274 e. The molecule has 0 saturated carbocycles. The van der Waals surface area contributed by atoms with Gasteiger partial charge in [0, 0.05) is 31.7 Å². The van der Waals surface area contributed by atoms with Crippen LogP contribution in [-0.4, -0.2) is 82.9 Å². The molecule has 0 spiro atoms. The van der Waals surface area contributed by atoms with Gasteiger partial charge < -0.3 is 14.4 Å². The first-order valence-electron chi connectivity index (χ1n) is 11.9. The van der Waals surface area contributed by atoms with E-state index >= 15 is 0 Å². The number of amides is 1. The Morgan fingerprint density at radius 1 is 1.06 bits per heavy atom. The van der Waals surface area contributed by atoms with E-state index in [-0.39, 0.29) is 23.5 Å². The Hall–Kier alpha value is -2.78. The number of imidazole rings is 1. The summed E-state index contributed by atoms with van der Waals surface area (Å²) in [7, 11) is -3.07. The summed E-state index contributed by atoms with van der Waals surface area (Å²) < 4.78 is 26.5. The van der Waals surface area contributed by atoms with Gasteiger partial charge in [-0.3, -0.25) is 4.79 Å². The monoisotopic (exact) mass is 481 g/mol. The molecule has 0 N–H and O–H groups in total. The topological polar surface area (TPSA) is 88.4 Å². The third-order valence-corrected chi connectivity index (χ3v) is 8.83. The molecule has 8 nitrogen and oxygen atoms in total. The standard InChI is InChI=1S/C25H31N5O3S/c1-4-28-10-12-29(13-11-28)25(31)24-23-22(15-21(27-24)19-7-5-17(2)6-8-19)30(18(3)26-23)20-9-14-34(32,33)16-20/h5-8,15,20H,4,9-14,16H2,1-3H3/t20-/m1/s1. The molecule has 0 radical (unpaired) electrons. The van der Waals surface area contributed by atoms with E-state index in [1.54, 1.807) is 0 Å². The summed E-state index contributed by atoms with van der Waals surface area (Å²) in [5, 5.41) is 0. The van der Waals surface area contributed by atoms with E-state index in [2.05, 4.69) is 11.8 Å². The van der Waals surface area contributed by atoms with Gasteiger partial charge in [-0.25, -0.2) is 18.4 Å². The van der Waals surface area contributed by atoms with Gasteiger partial charge in [0.05, 0.1) is 28.8 Å². The molecule has 1 aromatic carbocycles. The molecular weight excluding hydrogens is 450 g/mol. The van der Waals surface area contributed by atoms with Crippen molar-refractivity contribution in [2.45, 2.75) is 33.2 Å². The zero-order chi connectivity index (χ0) is 24.0. The Balaban J connectivity index is 1.64. The first-order valence-corrected chi connectivity index (χ1v) is 13.8. The predicted molar refractivity (Wildman–Crippen MR) is 133 cm³/mol. The number of aromatic nitrogens is 3. The molecule has 1 atom stereocenters. The summed E-state index contributed by atoms with van der Waals surface area (Å²) in [6, 6.07) is 9.84. The number of benzene rings is 1. The van der Waals surface area contributed by atoms with E-state index in [4.69, 9.17) is 9.97 Å². The van der Waals surface area contributed by atoms with Crippen LogP contribution in [-0.2, 0) is 9.84 Å². The minimum atomic E-state index is -3.07. The molecule has 2 aliphatic rings. The number of rotatable bonds is 4. The van der Waals surface area contributed by atoms with Gasteiger partial charge in [0.1, 0.15) is 11.3 Å². The minimum absolute atomic E-state index is 0.101. The van der Waals surface area contributed by atoms with Crippen LogP contribution in [0.1, 0.15) is 41.3 Å². The molecule has 2 saturated heterocycles. The molecule has 3 aromatic rings. The fourth-order valence-electron chi connectivity index (χ4n) is 5.09. The molecule has 1 amide bonds. The van der Waals surface area contributed by atoms with E-state index in [1.807, 2.05) is 53.6 Å². The van der Waals surface area contributed by atoms with Crippen LogP contribution in [0.4, 0.5) is 0 Å². The molecule has 0 bridgehead atoms. The number of nitrogens with zero attached hydrogens (tertiary/aromatic N) is 5. The van der Waals surface area contributed by atoms with Crippen molar-refractivity contribution in [2.24, 2.45) is 0 Å². The highest BCUT2D eigenvalue weighted by atomic mass is 32.2. The quantitative estimate of drug-likeness (QED) is 0.569. The molecule has 2 fully saturated rings. The Morgan fingerprint density at radius 3 is 2.38 bits per heavy atom. The van der Waals surface area contributed by atoms with Gasteiger partial charge in [-0.15, -0.1) is 0 Å². The third kappa shape index (κ3) is 4.22. The second-order valence-corrected chi connectivity index (χ2v) is 11.6. The molecule has 2 aromatic heterocycles. The number of pyridine rings is 1. The van der Waals surface area contributed by atoms with E-state index < -0.39 is 9.84 Å². The van der Waals surface area contributed by atoms with Crippen LogP contribution in [0.15, 0.2) is 30.3 Å². The summed E-state index contributed by atoms with van der Waals surface area (Å²) in [5.74, 6) is 0.882. The number of aryl methyl sites for hydroxylation is 2. The van der Waals surface area contributed by atoms with Gasteiger partial charge in [0.15, 0.2) is 15.5 Å². The zero-order valence-electron chi connectivity index (χ0n) is 20.0. The number of hydrogen-bond acceptors (Lipinski definition) is 6. The highest BCUT2D eigenvalue weighted by molar-refractivity contribution is 7.91. The summed E-state index contributed by atoms with van der Waals surface area (Å²) >= 11 is 0. The maximum absolute atomic E-state index is 13.7. The Bertz CT molecular complexity index is 1340. The second kappa shape index (κ2) is 8.78. The number of carbonyl (C=O) groups excluding carboxylic acids is 1. The summed E-state index contributed by atoms with van der Waals surface area (Å²) in [5.41, 5.74) is 4.45. The van der Waals surface area contributed by atoms with Gasteiger partial charge in [-0.1, -0.05) is 36.8 Å². The SMILES string of the molecule is CCN1CCN(C(=O)c2nc(-c3ccc(C)cc3)cc3c2nc(C)n3[C@@H]2CCS(=O)(=O)C2)CC1. The Kier molecular flexibility index (Phi) is 5.93. The molecule has 2 aliphatic heterocycles. The minimum Gasteiger partial charge on any atom is -0.335 e. The van der Waals surface area contributed by atoms with Crippen molar-refractivity contribution >= 4 is 26.8 Å². The van der Waals surface area contributed by atoms with Gasteiger partial charge in [-0.05, 0) is 32.9 Å². The molecule has 0 unspecified atom stereocenters. The van der Waals surface area contributed by atoms with Crippen molar-refractivity contribution in [3.05, 3.63) is 47.4 Å². The number of hydrogen-bond donors (Lipinski definition) is 0. The highest BCUT2D eigenvalue weighted by Crippen LogP contribution is 2.33. The van der Waals surface area contributed by atoms with E-state index in [1.165, 1.54) is 0 Å². The normalized spacial score (nSPS) is 20.8. The van der Waals surface area contributed by atoms with Gasteiger partial charge in [0.25, 0.3) is 5.91 Å². The van der Waals surface area contributed by atoms with Crippen molar-refractivity contribution in [1.29, 1.82) is 0 Å². The van der Waals surface area contributed by atoms with Gasteiger partial charge >= 0.3 is 0 Å². The first-order chi connectivity index (χ1) is 16.3. The first kappa shape index (κ1) is 23.0. The second-order valence-electron chi connectivity index (χ2n) is 9.40. The van der Waals surface area contributed by atoms with Crippen molar-refractivity contribution in [2.75, 3.05) is 44.2 Å². The van der Waals surface area contributed by atoms with Gasteiger partial charge in [-0.2, -0.15) is 0 Å². The molecule has 180 valence electrons.